The van der Waals surface area contributed by atoms with Gasteiger partial charge in [-0.1, -0.05) is 29.4 Å². The maximum atomic E-state index is 9.16. The van der Waals surface area contributed by atoms with Crippen molar-refractivity contribution in [2.45, 2.75) is 0 Å². The molecule has 3 aromatic rings. The maximum Gasteiger partial charge on any atom is 0.247 e. The molecule has 2 aromatic carbocycles. The van der Waals surface area contributed by atoms with E-state index in [0.717, 1.165) is 5.69 Å². The first kappa shape index (κ1) is 16.0. The predicted molar refractivity (Wildman–Crippen MR) is 92.0 cm³/mol. The van der Waals surface area contributed by atoms with Crippen LogP contribution in [0.15, 0.2) is 48.5 Å². The first-order chi connectivity index (χ1) is 12.3. The molecular formula is C17H14N8. The van der Waals surface area contributed by atoms with Crippen LogP contribution in [-0.4, -0.2) is 33.3 Å². The molecule has 0 atom stereocenters. The van der Waals surface area contributed by atoms with Crippen LogP contribution in [0.5, 0.6) is 0 Å². The molecule has 3 rings (SSSR count). The number of hydrogen-bond donors (Lipinski definition) is 2. The molecule has 0 saturated heterocycles. The number of aromatic nitrogens is 4. The fraction of sp³-hybridized carbons (Fsp3) is 0.118. The normalized spacial score (nSPS) is 9.84. The van der Waals surface area contributed by atoms with Gasteiger partial charge in [0.25, 0.3) is 0 Å². The minimum absolute atomic E-state index is 0.438. The second-order valence-corrected chi connectivity index (χ2v) is 5.06. The summed E-state index contributed by atoms with van der Waals surface area (Å²) in [4.78, 5) is 0. The lowest BCUT2D eigenvalue weighted by Gasteiger charge is -2.11. The van der Waals surface area contributed by atoms with Crippen molar-refractivity contribution in [3.8, 4) is 17.8 Å². The molecule has 0 unspecified atom stereocenters. The zero-order valence-electron chi connectivity index (χ0n) is 13.2. The van der Waals surface area contributed by atoms with Crippen LogP contribution in [0, 0.1) is 22.7 Å². The van der Waals surface area contributed by atoms with E-state index in [-0.39, 0.29) is 0 Å². The summed E-state index contributed by atoms with van der Waals surface area (Å²) >= 11 is 0. The van der Waals surface area contributed by atoms with Gasteiger partial charge in [0.05, 0.1) is 22.5 Å². The summed E-state index contributed by atoms with van der Waals surface area (Å²) in [6.45, 7) is 1.01. The molecule has 122 valence electrons. The summed E-state index contributed by atoms with van der Waals surface area (Å²) in [5.74, 6) is 0.516. The van der Waals surface area contributed by atoms with Gasteiger partial charge in [-0.25, -0.2) is 0 Å². The predicted octanol–water partition coefficient (Wildman–Crippen LogP) is 1.93. The van der Waals surface area contributed by atoms with Crippen LogP contribution in [0.25, 0.3) is 5.69 Å². The van der Waals surface area contributed by atoms with E-state index in [4.69, 9.17) is 10.5 Å². The van der Waals surface area contributed by atoms with E-state index in [1.165, 1.54) is 0 Å². The molecule has 1 aromatic heterocycles. The summed E-state index contributed by atoms with van der Waals surface area (Å²) in [5.41, 5.74) is 2.27. The monoisotopic (exact) mass is 330 g/mol. The van der Waals surface area contributed by atoms with Crippen molar-refractivity contribution in [3.63, 3.8) is 0 Å². The Bertz CT molecular complexity index is 901. The molecule has 0 aliphatic rings. The minimum atomic E-state index is 0.438. The summed E-state index contributed by atoms with van der Waals surface area (Å²) in [6, 6.07) is 18.8. The van der Waals surface area contributed by atoms with Gasteiger partial charge in [0.1, 0.15) is 12.1 Å². The zero-order chi connectivity index (χ0) is 17.5. The average molecular weight is 330 g/mol. The van der Waals surface area contributed by atoms with E-state index in [1.807, 2.05) is 30.3 Å². The maximum absolute atomic E-state index is 9.16. The van der Waals surface area contributed by atoms with Crippen molar-refractivity contribution in [2.24, 2.45) is 0 Å². The van der Waals surface area contributed by atoms with E-state index in [9.17, 15) is 0 Å². The third-order valence-electron chi connectivity index (χ3n) is 3.49. The molecule has 25 heavy (non-hydrogen) atoms. The first-order valence-electron chi connectivity index (χ1n) is 7.58. The van der Waals surface area contributed by atoms with Gasteiger partial charge in [-0.3, -0.25) is 0 Å². The molecule has 0 amide bonds. The lowest BCUT2D eigenvalue weighted by molar-refractivity contribution is 0.789. The molecule has 0 fully saturated rings. The fourth-order valence-electron chi connectivity index (χ4n) is 2.33. The molecule has 1 heterocycles. The molecule has 0 aliphatic heterocycles. The van der Waals surface area contributed by atoms with E-state index < -0.39 is 0 Å². The number of benzene rings is 2. The van der Waals surface area contributed by atoms with Gasteiger partial charge in [0, 0.05) is 13.1 Å². The van der Waals surface area contributed by atoms with Gasteiger partial charge in [-0.2, -0.15) is 15.2 Å². The Morgan fingerprint density at radius 3 is 2.24 bits per heavy atom. The number of tetrazole rings is 1. The quantitative estimate of drug-likeness (QED) is 0.663. The molecule has 0 bridgehead atoms. The van der Waals surface area contributed by atoms with E-state index in [2.05, 4.69) is 38.3 Å². The average Bonchev–Trinajstić information content (AvgIpc) is 3.14. The van der Waals surface area contributed by atoms with Crippen LogP contribution in [-0.2, 0) is 0 Å². The van der Waals surface area contributed by atoms with Gasteiger partial charge >= 0.3 is 0 Å². The lowest BCUT2D eigenvalue weighted by Crippen LogP contribution is -2.17. The second kappa shape index (κ2) is 7.57. The number of rotatable bonds is 6. The highest BCUT2D eigenvalue weighted by molar-refractivity contribution is 5.66. The zero-order valence-corrected chi connectivity index (χ0v) is 13.2. The van der Waals surface area contributed by atoms with Crippen LogP contribution in [0.1, 0.15) is 11.1 Å². The van der Waals surface area contributed by atoms with Crippen LogP contribution < -0.4 is 10.6 Å². The number of hydrogen-bond acceptors (Lipinski definition) is 7. The Kier molecular flexibility index (Phi) is 4.84. The Balaban J connectivity index is 1.64. The third kappa shape index (κ3) is 3.54. The van der Waals surface area contributed by atoms with Gasteiger partial charge in [-0.05, 0) is 34.7 Å². The molecule has 0 spiro atoms. The summed E-state index contributed by atoms with van der Waals surface area (Å²) < 4.78 is 1.60. The van der Waals surface area contributed by atoms with E-state index >= 15 is 0 Å². The SMILES string of the molecule is N#Cc1cccc(C#N)c1NCCNc1nnnn1-c1ccccc1. The standard InChI is InChI=1S/C17H14N8/c18-11-13-5-4-6-14(12-19)16(13)20-9-10-21-17-22-23-24-25(17)15-7-2-1-3-8-15/h1-8,20H,9-10H2,(H,21,22,24). The van der Waals surface area contributed by atoms with E-state index in [1.54, 1.807) is 22.9 Å². The van der Waals surface area contributed by atoms with Crippen LogP contribution in [0.2, 0.25) is 0 Å². The second-order valence-electron chi connectivity index (χ2n) is 5.06. The van der Waals surface area contributed by atoms with Gasteiger partial charge in [0.2, 0.25) is 5.95 Å². The van der Waals surface area contributed by atoms with Crippen LogP contribution in [0.3, 0.4) is 0 Å². The highest BCUT2D eigenvalue weighted by Gasteiger charge is 2.09. The first-order valence-corrected chi connectivity index (χ1v) is 7.58. The summed E-state index contributed by atoms with van der Waals surface area (Å²) in [7, 11) is 0. The number of para-hydroxylation sites is 2. The number of nitrogens with zero attached hydrogens (tertiary/aromatic N) is 6. The molecule has 2 N–H and O–H groups in total. The van der Waals surface area contributed by atoms with Gasteiger partial charge in [0.15, 0.2) is 0 Å². The Morgan fingerprint density at radius 1 is 0.880 bits per heavy atom. The highest BCUT2D eigenvalue weighted by Crippen LogP contribution is 2.19. The van der Waals surface area contributed by atoms with Crippen molar-refractivity contribution < 1.29 is 0 Å². The molecule has 8 nitrogen and oxygen atoms in total. The molecule has 0 aliphatic carbocycles. The van der Waals surface area contributed by atoms with Gasteiger partial charge < -0.3 is 10.6 Å². The van der Waals surface area contributed by atoms with Crippen molar-refractivity contribution >= 4 is 11.6 Å². The summed E-state index contributed by atoms with van der Waals surface area (Å²) in [6.07, 6.45) is 0. The van der Waals surface area contributed by atoms with Crippen molar-refractivity contribution in [1.29, 1.82) is 10.5 Å². The molecule has 0 saturated carbocycles. The van der Waals surface area contributed by atoms with Crippen molar-refractivity contribution in [2.75, 3.05) is 23.7 Å². The molecule has 8 heteroatoms. The molecule has 0 radical (unpaired) electrons. The Morgan fingerprint density at radius 2 is 1.56 bits per heavy atom. The van der Waals surface area contributed by atoms with Crippen molar-refractivity contribution in [3.05, 3.63) is 59.7 Å². The topological polar surface area (TPSA) is 115 Å². The minimum Gasteiger partial charge on any atom is -0.381 e. The summed E-state index contributed by atoms with van der Waals surface area (Å²) in [5, 5.41) is 36.2. The fourth-order valence-corrected chi connectivity index (χ4v) is 2.33. The largest absolute Gasteiger partial charge is 0.381 e. The number of nitriles is 2. The Hall–Kier alpha value is -3.91. The number of nitrogens with one attached hydrogen (secondary N) is 2. The van der Waals surface area contributed by atoms with Crippen LogP contribution in [0.4, 0.5) is 11.6 Å². The highest BCUT2D eigenvalue weighted by atomic mass is 15.6. The Labute approximate surface area is 144 Å². The van der Waals surface area contributed by atoms with E-state index in [0.29, 0.717) is 35.9 Å². The van der Waals surface area contributed by atoms with Crippen molar-refractivity contribution in [1.82, 2.24) is 20.2 Å². The lowest BCUT2D eigenvalue weighted by atomic mass is 10.1. The molecular weight excluding hydrogens is 316 g/mol. The number of anilines is 2. The van der Waals surface area contributed by atoms with Crippen LogP contribution >= 0.6 is 0 Å². The smallest absolute Gasteiger partial charge is 0.247 e. The third-order valence-corrected chi connectivity index (χ3v) is 3.49. The van der Waals surface area contributed by atoms with Gasteiger partial charge in [-0.15, -0.1) is 0 Å².